The van der Waals surface area contributed by atoms with E-state index in [2.05, 4.69) is 0 Å². The molecule has 0 aliphatic heterocycles. The molecule has 0 aromatic carbocycles. The van der Waals surface area contributed by atoms with Crippen molar-refractivity contribution < 1.29 is 29.2 Å². The van der Waals surface area contributed by atoms with E-state index in [1.165, 1.54) is 0 Å². The molecule has 0 saturated heterocycles. The van der Waals surface area contributed by atoms with E-state index in [-0.39, 0.29) is 12.8 Å². The molecule has 0 radical (unpaired) electrons. The minimum absolute atomic E-state index is 0.184. The molecule has 2 N–H and O–H groups in total. The number of carbonyl (C=O) groups excluding carboxylic acids is 1. The summed E-state index contributed by atoms with van der Waals surface area (Å²) in [5.74, 6) is 0. The number of carbonyl (C=O) groups is 1. The molecule has 4 atom stereocenters. The van der Waals surface area contributed by atoms with Crippen LogP contribution in [0.15, 0.2) is 12.2 Å². The van der Waals surface area contributed by atoms with E-state index < -0.39 is 41.8 Å². The second-order valence-corrected chi connectivity index (χ2v) is 7.88. The molecule has 0 spiro atoms. The summed E-state index contributed by atoms with van der Waals surface area (Å²) < 4.78 is 16.2. The lowest BCUT2D eigenvalue weighted by molar-refractivity contribution is -0.130. The number of hydrogen-bond donors (Lipinski definition) is 2. The third-order valence-electron chi connectivity index (χ3n) is 3.07. The van der Waals surface area contributed by atoms with Crippen molar-refractivity contribution in [2.24, 2.45) is 0 Å². The molecule has 1 rings (SSSR count). The van der Waals surface area contributed by atoms with Crippen molar-refractivity contribution in [2.75, 3.05) is 0 Å². The zero-order valence-electron chi connectivity index (χ0n) is 14.9. The van der Waals surface area contributed by atoms with Crippen LogP contribution in [0.2, 0.25) is 0 Å². The van der Waals surface area contributed by atoms with Gasteiger partial charge in [-0.15, -0.1) is 0 Å². The Hall–Kier alpha value is -1.11. The first-order valence-electron chi connectivity index (χ1n) is 7.97. The Morgan fingerprint density at radius 1 is 1.00 bits per heavy atom. The summed E-state index contributed by atoms with van der Waals surface area (Å²) in [6.45, 7) is 10.9. The zero-order chi connectivity index (χ0) is 17.8. The quantitative estimate of drug-likeness (QED) is 0.598. The second kappa shape index (κ2) is 7.64. The van der Waals surface area contributed by atoms with Gasteiger partial charge >= 0.3 is 6.16 Å². The Morgan fingerprint density at radius 2 is 1.61 bits per heavy atom. The molecule has 6 heteroatoms. The van der Waals surface area contributed by atoms with Gasteiger partial charge in [-0.05, 0) is 47.6 Å². The van der Waals surface area contributed by atoms with Gasteiger partial charge in [0.1, 0.15) is 11.7 Å². The molecule has 0 amide bonds. The summed E-state index contributed by atoms with van der Waals surface area (Å²) in [5.41, 5.74) is -1.10. The molecule has 1 aliphatic carbocycles. The fourth-order valence-corrected chi connectivity index (χ4v) is 2.26. The fraction of sp³-hybridized carbons (Fsp3) is 0.824. The van der Waals surface area contributed by atoms with E-state index >= 15 is 0 Å². The van der Waals surface area contributed by atoms with Gasteiger partial charge < -0.3 is 24.4 Å². The molecule has 0 aromatic heterocycles. The largest absolute Gasteiger partial charge is 0.509 e. The number of rotatable bonds is 2. The molecular weight excluding hydrogens is 300 g/mol. The molecule has 0 saturated carbocycles. The topological polar surface area (TPSA) is 85.2 Å². The van der Waals surface area contributed by atoms with Crippen LogP contribution in [-0.4, -0.2) is 52.0 Å². The third kappa shape index (κ3) is 8.34. The molecule has 4 unspecified atom stereocenters. The Morgan fingerprint density at radius 3 is 2.13 bits per heavy atom. The van der Waals surface area contributed by atoms with Crippen LogP contribution in [-0.2, 0) is 14.2 Å². The van der Waals surface area contributed by atoms with Crippen molar-refractivity contribution in [3.05, 3.63) is 12.2 Å². The Labute approximate surface area is 138 Å². The summed E-state index contributed by atoms with van der Waals surface area (Å²) in [4.78, 5) is 11.8. The monoisotopic (exact) mass is 330 g/mol. The van der Waals surface area contributed by atoms with Gasteiger partial charge in [0.15, 0.2) is 0 Å². The summed E-state index contributed by atoms with van der Waals surface area (Å²) in [6.07, 6.45) is -0.0610. The number of hydrogen-bond acceptors (Lipinski definition) is 6. The van der Waals surface area contributed by atoms with Crippen molar-refractivity contribution in [3.8, 4) is 0 Å². The van der Waals surface area contributed by atoms with Crippen molar-refractivity contribution in [2.45, 2.75) is 90.0 Å². The van der Waals surface area contributed by atoms with Gasteiger partial charge in [-0.1, -0.05) is 6.08 Å². The van der Waals surface area contributed by atoms with E-state index in [4.69, 9.17) is 14.2 Å². The molecule has 0 heterocycles. The summed E-state index contributed by atoms with van der Waals surface area (Å²) in [6, 6.07) is 0. The van der Waals surface area contributed by atoms with E-state index in [0.29, 0.717) is 0 Å². The van der Waals surface area contributed by atoms with E-state index in [1.807, 2.05) is 20.8 Å². The molecule has 0 aromatic rings. The standard InChI is InChI=1S/C17H30O6/c1-16(2,3)22-14-9-11(18)7-8-12(10-13(14)19)21-15(20)23-17(4,5)6/h7-8,11-14,18-19H,9-10H2,1-6H3/b8-7+. The molecule has 0 bridgehead atoms. The lowest BCUT2D eigenvalue weighted by Gasteiger charge is -2.34. The van der Waals surface area contributed by atoms with Crippen molar-refractivity contribution in [1.82, 2.24) is 0 Å². The highest BCUT2D eigenvalue weighted by Gasteiger charge is 2.32. The van der Waals surface area contributed by atoms with Crippen LogP contribution >= 0.6 is 0 Å². The summed E-state index contributed by atoms with van der Waals surface area (Å²) >= 11 is 0. The van der Waals surface area contributed by atoms with Gasteiger partial charge in [0, 0.05) is 12.8 Å². The van der Waals surface area contributed by atoms with Crippen LogP contribution in [0.4, 0.5) is 4.79 Å². The van der Waals surface area contributed by atoms with E-state index in [1.54, 1.807) is 32.9 Å². The van der Waals surface area contributed by atoms with E-state index in [0.717, 1.165) is 0 Å². The Balaban J connectivity index is 2.74. The van der Waals surface area contributed by atoms with Gasteiger partial charge in [0.25, 0.3) is 0 Å². The number of aliphatic hydroxyl groups is 2. The summed E-state index contributed by atoms with van der Waals surface area (Å²) in [7, 11) is 0. The average Bonchev–Trinajstić information content (AvgIpc) is 2.29. The van der Waals surface area contributed by atoms with Crippen LogP contribution < -0.4 is 0 Å². The maximum atomic E-state index is 11.8. The molecule has 134 valence electrons. The second-order valence-electron chi connectivity index (χ2n) is 7.88. The molecular formula is C17H30O6. The molecule has 0 fully saturated rings. The summed E-state index contributed by atoms with van der Waals surface area (Å²) in [5, 5.41) is 20.4. The highest BCUT2D eigenvalue weighted by molar-refractivity contribution is 5.61. The fourth-order valence-electron chi connectivity index (χ4n) is 2.26. The number of aliphatic hydroxyl groups excluding tert-OH is 2. The minimum atomic E-state index is -0.860. The third-order valence-corrected chi connectivity index (χ3v) is 3.07. The highest BCUT2D eigenvalue weighted by atomic mass is 16.7. The van der Waals surface area contributed by atoms with Crippen molar-refractivity contribution in [1.29, 1.82) is 0 Å². The SMILES string of the molecule is CC(C)(C)OC(=O)OC1/C=C/C(O)CC(OC(C)(C)C)C(O)C1. The first kappa shape index (κ1) is 19.9. The first-order valence-corrected chi connectivity index (χ1v) is 7.97. The van der Waals surface area contributed by atoms with Crippen LogP contribution in [0.25, 0.3) is 0 Å². The lowest BCUT2D eigenvalue weighted by Crippen LogP contribution is -2.41. The normalized spacial score (nSPS) is 31.0. The molecule has 6 nitrogen and oxygen atoms in total. The number of ether oxygens (including phenoxy) is 3. The Bertz CT molecular complexity index is 418. The van der Waals surface area contributed by atoms with Crippen LogP contribution in [0.3, 0.4) is 0 Å². The van der Waals surface area contributed by atoms with Gasteiger partial charge in [0.05, 0.1) is 23.9 Å². The van der Waals surface area contributed by atoms with Gasteiger partial charge in [-0.25, -0.2) is 4.79 Å². The smallest absolute Gasteiger partial charge is 0.429 e. The predicted molar refractivity (Wildman–Crippen MR) is 86.1 cm³/mol. The van der Waals surface area contributed by atoms with Gasteiger partial charge in [-0.2, -0.15) is 0 Å². The average molecular weight is 330 g/mol. The Kier molecular flexibility index (Phi) is 6.62. The zero-order valence-corrected chi connectivity index (χ0v) is 14.9. The van der Waals surface area contributed by atoms with Crippen molar-refractivity contribution in [3.63, 3.8) is 0 Å². The van der Waals surface area contributed by atoms with Crippen molar-refractivity contribution >= 4 is 6.16 Å². The maximum Gasteiger partial charge on any atom is 0.509 e. The lowest BCUT2D eigenvalue weighted by atomic mass is 9.96. The highest BCUT2D eigenvalue weighted by Crippen LogP contribution is 2.24. The molecule has 23 heavy (non-hydrogen) atoms. The van der Waals surface area contributed by atoms with Gasteiger partial charge in [0.2, 0.25) is 0 Å². The van der Waals surface area contributed by atoms with Crippen LogP contribution in [0.1, 0.15) is 54.4 Å². The van der Waals surface area contributed by atoms with Crippen LogP contribution in [0, 0.1) is 0 Å². The van der Waals surface area contributed by atoms with E-state index in [9.17, 15) is 15.0 Å². The molecule has 1 aliphatic rings. The first-order chi connectivity index (χ1) is 10.4. The van der Waals surface area contributed by atoms with Gasteiger partial charge in [-0.3, -0.25) is 0 Å². The minimum Gasteiger partial charge on any atom is -0.429 e. The predicted octanol–water partition coefficient (Wildman–Crippen LogP) is 2.56. The van der Waals surface area contributed by atoms with Crippen LogP contribution in [0.5, 0.6) is 0 Å². The maximum absolute atomic E-state index is 11.8.